The number of nitrogens with zero attached hydrogens (tertiary/aromatic N) is 1. The van der Waals surface area contributed by atoms with Crippen LogP contribution in [0.1, 0.15) is 50.6 Å². The van der Waals surface area contributed by atoms with Crippen molar-refractivity contribution in [2.75, 3.05) is 7.05 Å². The molecule has 120 valence electrons. The van der Waals surface area contributed by atoms with E-state index in [1.54, 1.807) is 11.9 Å². The second-order valence-corrected chi connectivity index (χ2v) is 6.51. The zero-order chi connectivity index (χ0) is 16.1. The van der Waals surface area contributed by atoms with Crippen LogP contribution in [0.5, 0.6) is 0 Å². The second kappa shape index (κ2) is 7.43. The number of hydrogen-bond acceptors (Lipinski definition) is 2. The van der Waals surface area contributed by atoms with Crippen molar-refractivity contribution in [3.8, 4) is 0 Å². The van der Waals surface area contributed by atoms with Gasteiger partial charge in [0.1, 0.15) is 0 Å². The molecular weight excluding hydrogens is 276 g/mol. The topological polar surface area (TPSA) is 63.4 Å². The van der Waals surface area contributed by atoms with Crippen molar-refractivity contribution in [1.82, 2.24) is 4.90 Å². The Labute approximate surface area is 132 Å². The van der Waals surface area contributed by atoms with Gasteiger partial charge in [0.2, 0.25) is 11.8 Å². The standard InChI is InChI=1S/C18H26N2O2/c1-13-7-6-10-15(11-13)18(22)20(2)16(12-17(19)21)14-8-4-3-5-9-14/h3-5,8-9,13,15-16H,6-7,10-12H2,1-2H3,(H2,19,21). The van der Waals surface area contributed by atoms with Crippen LogP contribution in [-0.4, -0.2) is 23.8 Å². The Hall–Kier alpha value is -1.84. The Morgan fingerprint density at radius 3 is 2.55 bits per heavy atom. The molecular formula is C18H26N2O2. The van der Waals surface area contributed by atoms with Crippen LogP contribution < -0.4 is 5.73 Å². The predicted molar refractivity (Wildman–Crippen MR) is 86.9 cm³/mol. The maximum atomic E-state index is 12.8. The van der Waals surface area contributed by atoms with Crippen LogP contribution in [0, 0.1) is 11.8 Å². The van der Waals surface area contributed by atoms with Crippen LogP contribution in [0.3, 0.4) is 0 Å². The van der Waals surface area contributed by atoms with Crippen molar-refractivity contribution in [2.45, 2.75) is 45.1 Å². The summed E-state index contributed by atoms with van der Waals surface area (Å²) >= 11 is 0. The molecule has 3 unspecified atom stereocenters. The molecule has 1 saturated carbocycles. The molecule has 3 atom stereocenters. The van der Waals surface area contributed by atoms with E-state index < -0.39 is 0 Å². The molecule has 0 spiro atoms. The quantitative estimate of drug-likeness (QED) is 0.909. The molecule has 1 aromatic rings. The summed E-state index contributed by atoms with van der Waals surface area (Å²) in [6, 6.07) is 9.38. The lowest BCUT2D eigenvalue weighted by Crippen LogP contribution is -2.39. The number of primary amides is 1. The molecule has 1 aliphatic carbocycles. The Morgan fingerprint density at radius 2 is 1.95 bits per heavy atom. The fraction of sp³-hybridized carbons (Fsp3) is 0.556. The number of amides is 2. The summed E-state index contributed by atoms with van der Waals surface area (Å²) in [5.74, 6) is 0.433. The minimum absolute atomic E-state index is 0.0767. The van der Waals surface area contributed by atoms with Gasteiger partial charge >= 0.3 is 0 Å². The zero-order valence-electron chi connectivity index (χ0n) is 13.5. The van der Waals surface area contributed by atoms with Gasteiger partial charge in [-0.1, -0.05) is 50.1 Å². The number of hydrogen-bond donors (Lipinski definition) is 1. The van der Waals surface area contributed by atoms with Gasteiger partial charge in [-0.3, -0.25) is 9.59 Å². The highest BCUT2D eigenvalue weighted by Gasteiger charge is 2.31. The van der Waals surface area contributed by atoms with E-state index >= 15 is 0 Å². The number of benzene rings is 1. The Balaban J connectivity index is 2.15. The number of nitrogens with two attached hydrogens (primary N) is 1. The third-order valence-corrected chi connectivity index (χ3v) is 4.68. The molecule has 4 heteroatoms. The molecule has 0 heterocycles. The number of rotatable bonds is 5. The summed E-state index contributed by atoms with van der Waals surface area (Å²) in [7, 11) is 1.79. The molecule has 2 rings (SSSR count). The number of carbonyl (C=O) groups is 2. The van der Waals surface area contributed by atoms with Crippen molar-refractivity contribution in [2.24, 2.45) is 17.6 Å². The van der Waals surface area contributed by atoms with Gasteiger partial charge in [0.15, 0.2) is 0 Å². The number of carbonyl (C=O) groups excluding carboxylic acids is 2. The van der Waals surface area contributed by atoms with Crippen LogP contribution in [-0.2, 0) is 9.59 Å². The highest BCUT2D eigenvalue weighted by Crippen LogP contribution is 2.32. The summed E-state index contributed by atoms with van der Waals surface area (Å²) in [5, 5.41) is 0. The summed E-state index contributed by atoms with van der Waals surface area (Å²) in [6.07, 6.45) is 4.37. The fourth-order valence-corrected chi connectivity index (χ4v) is 3.44. The molecule has 1 aliphatic rings. The first-order valence-electron chi connectivity index (χ1n) is 8.09. The molecule has 2 N–H and O–H groups in total. The van der Waals surface area contributed by atoms with Crippen LogP contribution in [0.15, 0.2) is 30.3 Å². The van der Waals surface area contributed by atoms with E-state index in [1.165, 1.54) is 6.42 Å². The summed E-state index contributed by atoms with van der Waals surface area (Å²) in [5.41, 5.74) is 6.35. The molecule has 0 saturated heterocycles. The average molecular weight is 302 g/mol. The van der Waals surface area contributed by atoms with E-state index in [0.717, 1.165) is 24.8 Å². The highest BCUT2D eigenvalue weighted by molar-refractivity contribution is 5.81. The normalized spacial score (nSPS) is 22.8. The monoisotopic (exact) mass is 302 g/mol. The first-order chi connectivity index (χ1) is 10.5. The van der Waals surface area contributed by atoms with Crippen LogP contribution in [0.4, 0.5) is 0 Å². The van der Waals surface area contributed by atoms with Crippen LogP contribution >= 0.6 is 0 Å². The fourth-order valence-electron chi connectivity index (χ4n) is 3.44. The smallest absolute Gasteiger partial charge is 0.225 e. The van der Waals surface area contributed by atoms with Gasteiger partial charge in [-0.05, 0) is 24.3 Å². The van der Waals surface area contributed by atoms with Crippen molar-refractivity contribution in [3.63, 3.8) is 0 Å². The van der Waals surface area contributed by atoms with E-state index in [1.807, 2.05) is 30.3 Å². The Kier molecular flexibility index (Phi) is 5.58. The van der Waals surface area contributed by atoms with E-state index in [4.69, 9.17) is 5.73 Å². The molecule has 2 amide bonds. The first-order valence-corrected chi connectivity index (χ1v) is 8.09. The molecule has 0 aliphatic heterocycles. The third-order valence-electron chi connectivity index (χ3n) is 4.68. The van der Waals surface area contributed by atoms with Crippen LogP contribution in [0.2, 0.25) is 0 Å². The Bertz CT molecular complexity index is 515. The molecule has 0 aromatic heterocycles. The molecule has 0 radical (unpaired) electrons. The van der Waals surface area contributed by atoms with Crippen molar-refractivity contribution >= 4 is 11.8 Å². The molecule has 0 bridgehead atoms. The zero-order valence-corrected chi connectivity index (χ0v) is 13.5. The van der Waals surface area contributed by atoms with Gasteiger partial charge in [-0.15, -0.1) is 0 Å². The lowest BCUT2D eigenvalue weighted by atomic mass is 9.81. The lowest BCUT2D eigenvalue weighted by Gasteiger charge is -2.34. The van der Waals surface area contributed by atoms with Gasteiger partial charge in [0, 0.05) is 13.0 Å². The van der Waals surface area contributed by atoms with E-state index in [2.05, 4.69) is 6.92 Å². The van der Waals surface area contributed by atoms with Crippen LogP contribution in [0.25, 0.3) is 0 Å². The third kappa shape index (κ3) is 4.09. The van der Waals surface area contributed by atoms with Crippen molar-refractivity contribution in [3.05, 3.63) is 35.9 Å². The molecule has 1 fully saturated rings. The summed E-state index contributed by atoms with van der Waals surface area (Å²) in [4.78, 5) is 26.0. The molecule has 22 heavy (non-hydrogen) atoms. The molecule has 1 aromatic carbocycles. The first kappa shape index (κ1) is 16.5. The summed E-state index contributed by atoms with van der Waals surface area (Å²) < 4.78 is 0. The van der Waals surface area contributed by atoms with Crippen molar-refractivity contribution < 1.29 is 9.59 Å². The minimum atomic E-state index is -0.384. The molecule has 4 nitrogen and oxygen atoms in total. The van der Waals surface area contributed by atoms with Gasteiger partial charge < -0.3 is 10.6 Å². The maximum Gasteiger partial charge on any atom is 0.225 e. The summed E-state index contributed by atoms with van der Waals surface area (Å²) in [6.45, 7) is 2.21. The van der Waals surface area contributed by atoms with E-state index in [9.17, 15) is 9.59 Å². The largest absolute Gasteiger partial charge is 0.370 e. The second-order valence-electron chi connectivity index (χ2n) is 6.51. The van der Waals surface area contributed by atoms with E-state index in [0.29, 0.717) is 5.92 Å². The van der Waals surface area contributed by atoms with Crippen molar-refractivity contribution in [1.29, 1.82) is 0 Å². The maximum absolute atomic E-state index is 12.8. The highest BCUT2D eigenvalue weighted by atomic mass is 16.2. The van der Waals surface area contributed by atoms with Gasteiger partial charge in [-0.2, -0.15) is 0 Å². The predicted octanol–water partition coefficient (Wildman–Crippen LogP) is 2.89. The SMILES string of the molecule is CC1CCCC(C(=O)N(C)C(CC(N)=O)c2ccccc2)C1. The van der Waals surface area contributed by atoms with E-state index in [-0.39, 0.29) is 30.2 Å². The minimum Gasteiger partial charge on any atom is -0.370 e. The Morgan fingerprint density at radius 1 is 1.27 bits per heavy atom. The van der Waals surface area contributed by atoms with Gasteiger partial charge in [-0.25, -0.2) is 0 Å². The average Bonchev–Trinajstić information content (AvgIpc) is 2.52. The van der Waals surface area contributed by atoms with Gasteiger partial charge in [0.05, 0.1) is 12.5 Å². The van der Waals surface area contributed by atoms with Gasteiger partial charge in [0.25, 0.3) is 0 Å². The lowest BCUT2D eigenvalue weighted by molar-refractivity contribution is -0.138.